The number of carbonyl (C=O) groups excluding carboxylic acids is 1. The molecule has 5 atom stereocenters. The molecular formula is C25H42O4. The van der Waals surface area contributed by atoms with Gasteiger partial charge in [-0.1, -0.05) is 38.8 Å². The highest BCUT2D eigenvalue weighted by Gasteiger charge is 2.46. The number of hydrogen-bond acceptors (Lipinski definition) is 4. The van der Waals surface area contributed by atoms with E-state index < -0.39 is 0 Å². The molecule has 3 rings (SSSR count). The van der Waals surface area contributed by atoms with Gasteiger partial charge in [0.15, 0.2) is 0 Å². The molecule has 29 heavy (non-hydrogen) atoms. The van der Waals surface area contributed by atoms with Crippen molar-refractivity contribution in [2.45, 2.75) is 111 Å². The van der Waals surface area contributed by atoms with Crippen LogP contribution in [-0.2, 0) is 19.3 Å². The molecule has 0 amide bonds. The van der Waals surface area contributed by atoms with Gasteiger partial charge in [-0.05, 0) is 88.4 Å². The van der Waals surface area contributed by atoms with E-state index in [1.54, 1.807) is 11.1 Å². The SMILES string of the molecule is COC(=O)[C@@H](C)[C@@H]1CC[C@@](C)(CC[C@@]2(C)C3=C(CC[C@H]2C)C(C)(C)CCC3)OO1. The van der Waals surface area contributed by atoms with Crippen LogP contribution in [0.15, 0.2) is 11.1 Å². The Morgan fingerprint density at radius 1 is 1.10 bits per heavy atom. The second-order valence-corrected chi connectivity index (χ2v) is 11.1. The maximum absolute atomic E-state index is 11.8. The van der Waals surface area contributed by atoms with Gasteiger partial charge in [-0.25, -0.2) is 9.78 Å². The standard InChI is InChI=1S/C25H42O4/c1-17-10-11-19-20(9-8-13-23(19,3)4)25(17,6)16-15-24(5)14-12-21(28-29-24)18(2)22(26)27-7/h17-18,21H,8-16H2,1-7H3/t17-,18+,21+,24+,25-/m1/s1. The Labute approximate surface area is 177 Å². The molecule has 0 bridgehead atoms. The minimum atomic E-state index is -0.294. The summed E-state index contributed by atoms with van der Waals surface area (Å²) in [6, 6.07) is 0. The van der Waals surface area contributed by atoms with E-state index in [-0.39, 0.29) is 29.0 Å². The summed E-state index contributed by atoms with van der Waals surface area (Å²) < 4.78 is 4.86. The molecule has 1 fully saturated rings. The molecule has 0 radical (unpaired) electrons. The third kappa shape index (κ3) is 4.44. The molecule has 0 spiro atoms. The first kappa shape index (κ1) is 22.8. The van der Waals surface area contributed by atoms with Crippen molar-refractivity contribution in [3.05, 3.63) is 11.1 Å². The molecule has 1 heterocycles. The van der Waals surface area contributed by atoms with Gasteiger partial charge in [0.05, 0.1) is 13.0 Å². The Morgan fingerprint density at radius 3 is 2.45 bits per heavy atom. The smallest absolute Gasteiger partial charge is 0.311 e. The third-order valence-corrected chi connectivity index (χ3v) is 8.65. The van der Waals surface area contributed by atoms with Crippen LogP contribution in [0, 0.1) is 22.7 Å². The van der Waals surface area contributed by atoms with Gasteiger partial charge in [0, 0.05) is 0 Å². The summed E-state index contributed by atoms with van der Waals surface area (Å²) in [7, 11) is 1.42. The number of rotatable bonds is 5. The number of esters is 1. The van der Waals surface area contributed by atoms with Crippen molar-refractivity contribution in [2.75, 3.05) is 7.11 Å². The molecule has 166 valence electrons. The fraction of sp³-hybridized carbons (Fsp3) is 0.880. The van der Waals surface area contributed by atoms with Crippen molar-refractivity contribution < 1.29 is 19.3 Å². The summed E-state index contributed by atoms with van der Waals surface area (Å²) in [5.41, 5.74) is 3.85. The Balaban J connectivity index is 1.68. The van der Waals surface area contributed by atoms with Gasteiger partial charge in [0.2, 0.25) is 0 Å². The third-order valence-electron chi connectivity index (χ3n) is 8.65. The summed E-state index contributed by atoms with van der Waals surface area (Å²) in [6.07, 6.45) is 10.2. The average molecular weight is 407 g/mol. The van der Waals surface area contributed by atoms with Gasteiger partial charge in [-0.3, -0.25) is 4.79 Å². The predicted molar refractivity (Wildman–Crippen MR) is 115 cm³/mol. The van der Waals surface area contributed by atoms with Crippen LogP contribution in [0.25, 0.3) is 0 Å². The van der Waals surface area contributed by atoms with E-state index >= 15 is 0 Å². The van der Waals surface area contributed by atoms with E-state index in [2.05, 4.69) is 34.6 Å². The molecule has 0 aromatic heterocycles. The van der Waals surface area contributed by atoms with Crippen LogP contribution < -0.4 is 0 Å². The molecular weight excluding hydrogens is 364 g/mol. The topological polar surface area (TPSA) is 44.8 Å². The number of carbonyl (C=O) groups is 1. The Hall–Kier alpha value is -0.870. The Bertz CT molecular complexity index is 641. The monoisotopic (exact) mass is 406 g/mol. The Kier molecular flexibility index (Phi) is 6.56. The van der Waals surface area contributed by atoms with Crippen LogP contribution >= 0.6 is 0 Å². The van der Waals surface area contributed by atoms with Crippen molar-refractivity contribution >= 4 is 5.97 Å². The van der Waals surface area contributed by atoms with Crippen molar-refractivity contribution in [1.29, 1.82) is 0 Å². The minimum absolute atomic E-state index is 0.215. The first-order valence-electron chi connectivity index (χ1n) is 11.7. The number of hydrogen-bond donors (Lipinski definition) is 0. The molecule has 2 aliphatic carbocycles. The fourth-order valence-electron chi connectivity index (χ4n) is 5.99. The normalized spacial score (nSPS) is 38.3. The fourth-order valence-corrected chi connectivity index (χ4v) is 5.99. The maximum atomic E-state index is 11.8. The van der Waals surface area contributed by atoms with Gasteiger partial charge in [-0.2, -0.15) is 0 Å². The average Bonchev–Trinajstić information content (AvgIpc) is 2.69. The lowest BCUT2D eigenvalue weighted by molar-refractivity contribution is -0.411. The highest BCUT2D eigenvalue weighted by Crippen LogP contribution is 2.57. The molecule has 0 saturated carbocycles. The summed E-state index contributed by atoms with van der Waals surface area (Å²) in [6.45, 7) is 13.9. The molecule has 3 aliphatic rings. The predicted octanol–water partition coefficient (Wildman–Crippen LogP) is 6.39. The van der Waals surface area contributed by atoms with Gasteiger partial charge < -0.3 is 4.74 Å². The lowest BCUT2D eigenvalue weighted by Gasteiger charge is -2.51. The van der Waals surface area contributed by atoms with Crippen LogP contribution in [0.4, 0.5) is 0 Å². The molecule has 0 unspecified atom stereocenters. The Morgan fingerprint density at radius 2 is 1.83 bits per heavy atom. The summed E-state index contributed by atoms with van der Waals surface area (Å²) in [5.74, 6) is 0.179. The zero-order valence-electron chi connectivity index (χ0n) is 19.7. The molecule has 4 heteroatoms. The summed E-state index contributed by atoms with van der Waals surface area (Å²) in [4.78, 5) is 23.4. The zero-order chi connectivity index (χ0) is 21.4. The van der Waals surface area contributed by atoms with Crippen molar-refractivity contribution in [1.82, 2.24) is 0 Å². The second kappa shape index (κ2) is 8.34. The molecule has 0 aromatic rings. The zero-order valence-corrected chi connectivity index (χ0v) is 19.7. The maximum Gasteiger partial charge on any atom is 0.311 e. The van der Waals surface area contributed by atoms with E-state index in [1.807, 2.05) is 6.92 Å². The molecule has 4 nitrogen and oxygen atoms in total. The van der Waals surface area contributed by atoms with Crippen molar-refractivity contribution in [2.24, 2.45) is 22.7 Å². The molecule has 1 saturated heterocycles. The highest BCUT2D eigenvalue weighted by atomic mass is 17.2. The van der Waals surface area contributed by atoms with Crippen LogP contribution in [-0.4, -0.2) is 24.8 Å². The van der Waals surface area contributed by atoms with Crippen LogP contribution in [0.1, 0.15) is 99.3 Å². The summed E-state index contributed by atoms with van der Waals surface area (Å²) >= 11 is 0. The number of allylic oxidation sites excluding steroid dienone is 2. The van der Waals surface area contributed by atoms with Crippen LogP contribution in [0.5, 0.6) is 0 Å². The largest absolute Gasteiger partial charge is 0.469 e. The van der Waals surface area contributed by atoms with Gasteiger partial charge in [-0.15, -0.1) is 0 Å². The lowest BCUT2D eigenvalue weighted by atomic mass is 9.55. The van der Waals surface area contributed by atoms with E-state index in [0.29, 0.717) is 11.3 Å². The van der Waals surface area contributed by atoms with Gasteiger partial charge in [0.1, 0.15) is 11.7 Å². The highest BCUT2D eigenvalue weighted by molar-refractivity contribution is 5.72. The van der Waals surface area contributed by atoms with E-state index in [0.717, 1.165) is 25.7 Å². The summed E-state index contributed by atoms with van der Waals surface area (Å²) in [5, 5.41) is 0. The van der Waals surface area contributed by atoms with Crippen LogP contribution in [0.2, 0.25) is 0 Å². The number of ether oxygens (including phenoxy) is 1. The minimum Gasteiger partial charge on any atom is -0.469 e. The van der Waals surface area contributed by atoms with Crippen LogP contribution in [0.3, 0.4) is 0 Å². The first-order valence-corrected chi connectivity index (χ1v) is 11.7. The molecule has 0 N–H and O–H groups in total. The van der Waals surface area contributed by atoms with Crippen molar-refractivity contribution in [3.8, 4) is 0 Å². The van der Waals surface area contributed by atoms with Gasteiger partial charge >= 0.3 is 5.97 Å². The van der Waals surface area contributed by atoms with E-state index in [4.69, 9.17) is 14.5 Å². The lowest BCUT2D eigenvalue weighted by Crippen LogP contribution is -2.44. The van der Waals surface area contributed by atoms with Gasteiger partial charge in [0.25, 0.3) is 0 Å². The first-order chi connectivity index (χ1) is 13.5. The van der Waals surface area contributed by atoms with E-state index in [9.17, 15) is 4.79 Å². The van der Waals surface area contributed by atoms with Crippen molar-refractivity contribution in [3.63, 3.8) is 0 Å². The quantitative estimate of drug-likeness (QED) is 0.301. The van der Waals surface area contributed by atoms with E-state index in [1.165, 1.54) is 39.2 Å². The molecule has 1 aliphatic heterocycles. The number of methoxy groups -OCH3 is 1. The molecule has 0 aromatic carbocycles. The second-order valence-electron chi connectivity index (χ2n) is 11.1.